The average Bonchev–Trinajstić information content (AvgIpc) is 2.26. The molecule has 0 saturated heterocycles. The molecule has 92 valence electrons. The van der Waals surface area contributed by atoms with Crippen LogP contribution in [0.1, 0.15) is 55.7 Å². The number of phenolic OH excluding ortho intramolecular Hbond substituents is 1. The van der Waals surface area contributed by atoms with Gasteiger partial charge in [0, 0.05) is 12.3 Å². The number of benzene rings is 1. The van der Waals surface area contributed by atoms with Crippen molar-refractivity contribution in [1.29, 1.82) is 0 Å². The number of carbonyl (C=O) groups excluding carboxylic acids is 1. The number of hydrogen-bond acceptors (Lipinski definition) is 2. The smallest absolute Gasteiger partial charge is 0.140 e. The van der Waals surface area contributed by atoms with E-state index in [1.807, 2.05) is 13.8 Å². The van der Waals surface area contributed by atoms with E-state index < -0.39 is 0 Å². The Labute approximate surface area is 103 Å². The van der Waals surface area contributed by atoms with Gasteiger partial charge in [-0.3, -0.25) is 4.79 Å². The van der Waals surface area contributed by atoms with Crippen molar-refractivity contribution in [2.75, 3.05) is 0 Å². The van der Waals surface area contributed by atoms with Crippen LogP contribution in [0.25, 0.3) is 0 Å². The quantitative estimate of drug-likeness (QED) is 0.804. The van der Waals surface area contributed by atoms with Gasteiger partial charge in [0.2, 0.25) is 0 Å². The monoisotopic (exact) mass is 232 g/mol. The SMILES string of the molecule is Cc1cc2c(cc1O)[C@H](C)C(=O)C[C@@H]2C(C)C. The van der Waals surface area contributed by atoms with E-state index in [1.54, 1.807) is 6.07 Å². The number of Topliss-reactive ketones (excluding diaryl/α,β-unsaturated/α-hetero) is 1. The summed E-state index contributed by atoms with van der Waals surface area (Å²) >= 11 is 0. The van der Waals surface area contributed by atoms with Crippen LogP contribution in [0.15, 0.2) is 12.1 Å². The third-order valence-electron chi connectivity index (χ3n) is 3.98. The molecule has 0 spiro atoms. The third-order valence-corrected chi connectivity index (χ3v) is 3.98. The minimum absolute atomic E-state index is 0.0773. The summed E-state index contributed by atoms with van der Waals surface area (Å²) in [6, 6.07) is 3.83. The molecule has 17 heavy (non-hydrogen) atoms. The molecule has 0 radical (unpaired) electrons. The summed E-state index contributed by atoms with van der Waals surface area (Å²) in [4.78, 5) is 12.0. The standard InChI is InChI=1S/C15H20O2/c1-8(2)11-6-15(17)10(4)12-7-14(16)9(3)5-13(11)12/h5,7-8,10-11,16H,6H2,1-4H3/t10-,11+/m0/s1. The summed E-state index contributed by atoms with van der Waals surface area (Å²) in [6.45, 7) is 8.15. The van der Waals surface area contributed by atoms with Crippen LogP contribution in [0, 0.1) is 12.8 Å². The molecule has 0 amide bonds. The average molecular weight is 232 g/mol. The van der Waals surface area contributed by atoms with Gasteiger partial charge < -0.3 is 5.11 Å². The van der Waals surface area contributed by atoms with Crippen LogP contribution in [0.5, 0.6) is 5.75 Å². The number of fused-ring (bicyclic) bond motifs is 1. The zero-order valence-corrected chi connectivity index (χ0v) is 10.9. The van der Waals surface area contributed by atoms with Gasteiger partial charge in [0.05, 0.1) is 0 Å². The predicted octanol–water partition coefficient (Wildman–Crippen LogP) is 3.52. The molecule has 2 nitrogen and oxygen atoms in total. The van der Waals surface area contributed by atoms with E-state index in [1.165, 1.54) is 5.56 Å². The van der Waals surface area contributed by atoms with E-state index in [9.17, 15) is 9.90 Å². The van der Waals surface area contributed by atoms with E-state index in [-0.39, 0.29) is 5.92 Å². The highest BCUT2D eigenvalue weighted by Gasteiger charge is 2.32. The van der Waals surface area contributed by atoms with E-state index in [2.05, 4.69) is 19.9 Å². The van der Waals surface area contributed by atoms with Crippen LogP contribution in [-0.4, -0.2) is 10.9 Å². The second-order valence-electron chi connectivity index (χ2n) is 5.51. The molecule has 2 rings (SSSR count). The molecule has 0 unspecified atom stereocenters. The molecule has 0 aromatic heterocycles. The lowest BCUT2D eigenvalue weighted by Crippen LogP contribution is -2.25. The lowest BCUT2D eigenvalue weighted by molar-refractivity contribution is -0.121. The first-order valence-electron chi connectivity index (χ1n) is 6.28. The summed E-state index contributed by atoms with van der Waals surface area (Å²) in [5.41, 5.74) is 3.17. The van der Waals surface area contributed by atoms with Crippen LogP contribution in [-0.2, 0) is 4.79 Å². The molecule has 1 aromatic rings. The number of phenols is 1. The molecule has 2 atom stereocenters. The van der Waals surface area contributed by atoms with Gasteiger partial charge in [0.15, 0.2) is 0 Å². The van der Waals surface area contributed by atoms with Gasteiger partial charge in [-0.1, -0.05) is 26.8 Å². The topological polar surface area (TPSA) is 37.3 Å². The highest BCUT2D eigenvalue weighted by molar-refractivity contribution is 5.88. The lowest BCUT2D eigenvalue weighted by Gasteiger charge is -2.31. The predicted molar refractivity (Wildman–Crippen MR) is 68.5 cm³/mol. The fraction of sp³-hybridized carbons (Fsp3) is 0.533. The van der Waals surface area contributed by atoms with Crippen LogP contribution in [0.2, 0.25) is 0 Å². The van der Waals surface area contributed by atoms with Crippen molar-refractivity contribution in [3.63, 3.8) is 0 Å². The second-order valence-corrected chi connectivity index (χ2v) is 5.51. The number of rotatable bonds is 1. The Balaban J connectivity index is 2.60. The maximum Gasteiger partial charge on any atom is 0.140 e. The van der Waals surface area contributed by atoms with E-state index in [0.717, 1.165) is 11.1 Å². The van der Waals surface area contributed by atoms with Gasteiger partial charge in [0.25, 0.3) is 0 Å². The van der Waals surface area contributed by atoms with Crippen LogP contribution < -0.4 is 0 Å². The maximum absolute atomic E-state index is 12.0. The van der Waals surface area contributed by atoms with Crippen molar-refractivity contribution >= 4 is 5.78 Å². The van der Waals surface area contributed by atoms with Crippen LogP contribution in [0.3, 0.4) is 0 Å². The van der Waals surface area contributed by atoms with Crippen molar-refractivity contribution in [2.45, 2.75) is 46.0 Å². The molecule has 0 bridgehead atoms. The summed E-state index contributed by atoms with van der Waals surface area (Å²) in [5.74, 6) is 1.26. The van der Waals surface area contributed by atoms with Gasteiger partial charge >= 0.3 is 0 Å². The zero-order chi connectivity index (χ0) is 12.7. The lowest BCUT2D eigenvalue weighted by atomic mass is 9.72. The fourth-order valence-electron chi connectivity index (χ4n) is 2.70. The minimum atomic E-state index is -0.0773. The van der Waals surface area contributed by atoms with Gasteiger partial charge in [-0.2, -0.15) is 0 Å². The Morgan fingerprint density at radius 1 is 1.29 bits per heavy atom. The zero-order valence-electron chi connectivity index (χ0n) is 10.9. The van der Waals surface area contributed by atoms with Crippen LogP contribution in [0.4, 0.5) is 0 Å². The molecule has 2 heteroatoms. The summed E-state index contributed by atoms with van der Waals surface area (Å²) < 4.78 is 0. The van der Waals surface area contributed by atoms with Crippen molar-refractivity contribution in [3.8, 4) is 5.75 Å². The fourth-order valence-corrected chi connectivity index (χ4v) is 2.70. The van der Waals surface area contributed by atoms with Gasteiger partial charge in [-0.15, -0.1) is 0 Å². The molecule has 0 saturated carbocycles. The second kappa shape index (κ2) is 4.17. The molecule has 1 aromatic carbocycles. The van der Waals surface area contributed by atoms with Gasteiger partial charge in [-0.25, -0.2) is 0 Å². The Hall–Kier alpha value is -1.31. The number of hydrogen-bond donors (Lipinski definition) is 1. The molecule has 1 aliphatic carbocycles. The largest absolute Gasteiger partial charge is 0.508 e. The number of aromatic hydroxyl groups is 1. The first kappa shape index (κ1) is 12.2. The molecule has 0 fully saturated rings. The molecule has 0 aliphatic heterocycles. The van der Waals surface area contributed by atoms with Crippen molar-refractivity contribution in [2.24, 2.45) is 5.92 Å². The van der Waals surface area contributed by atoms with Gasteiger partial charge in [0.1, 0.15) is 11.5 Å². The van der Waals surface area contributed by atoms with Crippen molar-refractivity contribution in [3.05, 3.63) is 28.8 Å². The number of ketones is 1. The number of carbonyl (C=O) groups is 1. The first-order chi connectivity index (χ1) is 7.91. The van der Waals surface area contributed by atoms with E-state index in [4.69, 9.17) is 0 Å². The summed E-state index contributed by atoms with van der Waals surface area (Å²) in [6.07, 6.45) is 0.635. The Morgan fingerprint density at radius 2 is 1.94 bits per heavy atom. The number of aryl methyl sites for hydroxylation is 1. The molecule has 1 aliphatic rings. The summed E-state index contributed by atoms with van der Waals surface area (Å²) in [7, 11) is 0. The third kappa shape index (κ3) is 1.97. The first-order valence-corrected chi connectivity index (χ1v) is 6.28. The Bertz CT molecular complexity index is 460. The minimum Gasteiger partial charge on any atom is -0.508 e. The van der Waals surface area contributed by atoms with E-state index >= 15 is 0 Å². The maximum atomic E-state index is 12.0. The highest BCUT2D eigenvalue weighted by Crippen LogP contribution is 2.42. The Kier molecular flexibility index (Phi) is 2.98. The van der Waals surface area contributed by atoms with E-state index in [0.29, 0.717) is 29.8 Å². The molecular weight excluding hydrogens is 212 g/mol. The molecule has 0 heterocycles. The summed E-state index contributed by atoms with van der Waals surface area (Å²) in [5, 5.41) is 9.79. The Morgan fingerprint density at radius 3 is 2.53 bits per heavy atom. The molecule has 1 N–H and O–H groups in total. The normalized spacial score (nSPS) is 23.9. The van der Waals surface area contributed by atoms with Crippen LogP contribution >= 0.6 is 0 Å². The molecular formula is C15H20O2. The van der Waals surface area contributed by atoms with Crippen molar-refractivity contribution < 1.29 is 9.90 Å². The van der Waals surface area contributed by atoms with Gasteiger partial charge in [-0.05, 0) is 41.5 Å². The highest BCUT2D eigenvalue weighted by atomic mass is 16.3. The van der Waals surface area contributed by atoms with Crippen molar-refractivity contribution in [1.82, 2.24) is 0 Å².